The van der Waals surface area contributed by atoms with E-state index in [4.69, 9.17) is 9.47 Å². The van der Waals surface area contributed by atoms with E-state index in [2.05, 4.69) is 27.7 Å². The van der Waals surface area contributed by atoms with Crippen molar-refractivity contribution in [3.05, 3.63) is 53.6 Å². The van der Waals surface area contributed by atoms with Crippen molar-refractivity contribution in [1.29, 1.82) is 0 Å². The lowest BCUT2D eigenvalue weighted by Crippen LogP contribution is -2.48. The van der Waals surface area contributed by atoms with Crippen LogP contribution in [0.3, 0.4) is 0 Å². The Morgan fingerprint density at radius 3 is 2.58 bits per heavy atom. The number of anilines is 1. The number of amides is 2. The summed E-state index contributed by atoms with van der Waals surface area (Å²) < 4.78 is 10.6. The minimum Gasteiger partial charge on any atom is -0.497 e. The highest BCUT2D eigenvalue weighted by Crippen LogP contribution is 2.31. The van der Waals surface area contributed by atoms with Gasteiger partial charge in [0.25, 0.3) is 5.91 Å². The van der Waals surface area contributed by atoms with Crippen LogP contribution in [0.4, 0.5) is 5.69 Å². The van der Waals surface area contributed by atoms with Crippen LogP contribution in [0, 0.1) is 5.92 Å². The predicted molar refractivity (Wildman–Crippen MR) is 142 cm³/mol. The first-order chi connectivity index (χ1) is 17.6. The molecule has 0 bridgehead atoms. The fourth-order valence-corrected chi connectivity index (χ4v) is 5.40. The van der Waals surface area contributed by atoms with Gasteiger partial charge in [0.05, 0.1) is 14.2 Å². The molecule has 4 rings (SSSR count). The maximum absolute atomic E-state index is 13.2. The summed E-state index contributed by atoms with van der Waals surface area (Å²) in [6, 6.07) is 12.6. The number of rotatable bonds is 11. The zero-order valence-electron chi connectivity index (χ0n) is 21.6. The Bertz CT molecular complexity index is 1030. The summed E-state index contributed by atoms with van der Waals surface area (Å²) in [5.41, 5.74) is 2.97. The van der Waals surface area contributed by atoms with Gasteiger partial charge in [-0.15, -0.1) is 0 Å². The minimum absolute atomic E-state index is 0.115. The van der Waals surface area contributed by atoms with Crippen molar-refractivity contribution in [3.63, 3.8) is 0 Å². The van der Waals surface area contributed by atoms with E-state index in [0.717, 1.165) is 31.7 Å². The molecule has 0 unspecified atom stereocenters. The van der Waals surface area contributed by atoms with Gasteiger partial charge >= 0.3 is 0 Å². The molecule has 2 aromatic carbocycles. The maximum atomic E-state index is 13.2. The first-order valence-corrected chi connectivity index (χ1v) is 13.2. The first-order valence-electron chi connectivity index (χ1n) is 13.2. The number of carbonyl (C=O) groups excluding carboxylic acids is 2. The van der Waals surface area contributed by atoms with Gasteiger partial charge < -0.3 is 25.0 Å². The van der Waals surface area contributed by atoms with Crippen LogP contribution < -0.4 is 25.0 Å². The van der Waals surface area contributed by atoms with Crippen LogP contribution >= 0.6 is 0 Å². The molecule has 1 atom stereocenters. The van der Waals surface area contributed by atoms with Crippen LogP contribution in [0.2, 0.25) is 0 Å². The normalized spacial score (nSPS) is 16.2. The van der Waals surface area contributed by atoms with E-state index in [1.807, 2.05) is 6.07 Å². The molecule has 194 valence electrons. The van der Waals surface area contributed by atoms with Crippen molar-refractivity contribution < 1.29 is 19.1 Å². The molecule has 0 saturated heterocycles. The Hall–Kier alpha value is -3.22. The molecular weight excluding hydrogens is 454 g/mol. The fraction of sp³-hybridized carbons (Fsp3) is 0.517. The van der Waals surface area contributed by atoms with Crippen molar-refractivity contribution in [3.8, 4) is 11.5 Å². The topological polar surface area (TPSA) is 79.9 Å². The molecule has 7 heteroatoms. The summed E-state index contributed by atoms with van der Waals surface area (Å²) >= 11 is 0. The lowest BCUT2D eigenvalue weighted by molar-refractivity contribution is -0.123. The smallest absolute Gasteiger partial charge is 0.252 e. The van der Waals surface area contributed by atoms with Crippen molar-refractivity contribution >= 4 is 17.5 Å². The SMILES string of the molecule is COc1cccc(C(=O)N[C@@H](CCC2CCCCC2)C(=O)NCCN2CCc3cc(OC)ccc32)c1. The molecule has 36 heavy (non-hydrogen) atoms. The molecule has 1 fully saturated rings. The van der Waals surface area contributed by atoms with E-state index in [-0.39, 0.29) is 11.8 Å². The minimum atomic E-state index is -0.555. The van der Waals surface area contributed by atoms with Gasteiger partial charge in [0.2, 0.25) is 5.91 Å². The first kappa shape index (κ1) is 25.9. The van der Waals surface area contributed by atoms with Gasteiger partial charge in [-0.1, -0.05) is 38.2 Å². The van der Waals surface area contributed by atoms with Crippen molar-refractivity contribution in [1.82, 2.24) is 10.6 Å². The van der Waals surface area contributed by atoms with E-state index in [1.54, 1.807) is 38.5 Å². The summed E-state index contributed by atoms with van der Waals surface area (Å²) in [7, 11) is 3.26. The summed E-state index contributed by atoms with van der Waals surface area (Å²) in [5.74, 6) is 1.77. The molecule has 2 amide bonds. The monoisotopic (exact) mass is 493 g/mol. The third kappa shape index (κ3) is 6.71. The molecule has 2 aliphatic rings. The van der Waals surface area contributed by atoms with Crippen molar-refractivity contribution in [2.75, 3.05) is 38.8 Å². The summed E-state index contributed by atoms with van der Waals surface area (Å²) in [6.45, 7) is 2.18. The van der Waals surface area contributed by atoms with E-state index in [9.17, 15) is 9.59 Å². The van der Waals surface area contributed by atoms with E-state index in [0.29, 0.717) is 30.2 Å². The lowest BCUT2D eigenvalue weighted by Gasteiger charge is -2.25. The van der Waals surface area contributed by atoms with Crippen molar-refractivity contribution in [2.24, 2.45) is 5.92 Å². The molecule has 7 nitrogen and oxygen atoms in total. The predicted octanol–water partition coefficient (Wildman–Crippen LogP) is 4.34. The zero-order chi connectivity index (χ0) is 25.3. The molecule has 1 heterocycles. The molecule has 1 saturated carbocycles. The van der Waals surface area contributed by atoms with Gasteiger partial charge in [-0.3, -0.25) is 9.59 Å². The van der Waals surface area contributed by atoms with Gasteiger partial charge in [-0.2, -0.15) is 0 Å². The maximum Gasteiger partial charge on any atom is 0.252 e. The number of hydrogen-bond acceptors (Lipinski definition) is 5. The van der Waals surface area contributed by atoms with E-state index >= 15 is 0 Å². The number of nitrogens with zero attached hydrogens (tertiary/aromatic N) is 1. The highest BCUT2D eigenvalue weighted by molar-refractivity contribution is 5.97. The van der Waals surface area contributed by atoms with Gasteiger partial charge in [0, 0.05) is 30.9 Å². The Balaban J connectivity index is 1.35. The molecule has 1 aliphatic heterocycles. The number of hydrogen-bond donors (Lipinski definition) is 2. The van der Waals surface area contributed by atoms with Crippen LogP contribution in [-0.4, -0.2) is 51.7 Å². The molecule has 1 aliphatic carbocycles. The van der Waals surface area contributed by atoms with Crippen LogP contribution in [0.15, 0.2) is 42.5 Å². The van der Waals surface area contributed by atoms with Crippen molar-refractivity contribution in [2.45, 2.75) is 57.4 Å². The summed E-state index contributed by atoms with van der Waals surface area (Å²) in [4.78, 5) is 28.5. The standard InChI is InChI=1S/C29H39N3O4/c1-35-24-10-6-9-23(20-24)28(33)31-26(13-11-21-7-4-3-5-8-21)29(34)30-16-18-32-17-15-22-19-25(36-2)12-14-27(22)32/h6,9-10,12,14,19-21,26H,3-5,7-8,11,13,15-18H2,1-2H3,(H,30,34)(H,31,33)/t26-/m0/s1. The number of ether oxygens (including phenoxy) is 2. The largest absolute Gasteiger partial charge is 0.497 e. The zero-order valence-corrected chi connectivity index (χ0v) is 21.6. The number of carbonyl (C=O) groups is 2. The fourth-order valence-electron chi connectivity index (χ4n) is 5.40. The third-order valence-electron chi connectivity index (χ3n) is 7.50. The number of nitrogens with one attached hydrogen (secondary N) is 2. The average molecular weight is 494 g/mol. The van der Waals surface area contributed by atoms with Crippen LogP contribution in [-0.2, 0) is 11.2 Å². The second-order valence-electron chi connectivity index (χ2n) is 9.86. The summed E-state index contributed by atoms with van der Waals surface area (Å²) in [5, 5.41) is 6.08. The molecule has 0 radical (unpaired) electrons. The van der Waals surface area contributed by atoms with Gasteiger partial charge in [-0.05, 0) is 67.1 Å². The van der Waals surface area contributed by atoms with Gasteiger partial charge in [0.15, 0.2) is 0 Å². The number of methoxy groups -OCH3 is 2. The second-order valence-corrected chi connectivity index (χ2v) is 9.86. The lowest BCUT2D eigenvalue weighted by atomic mass is 9.85. The Morgan fingerprint density at radius 2 is 1.81 bits per heavy atom. The molecular formula is C29H39N3O4. The quantitative estimate of drug-likeness (QED) is 0.487. The molecule has 0 aromatic heterocycles. The van der Waals surface area contributed by atoms with E-state index in [1.165, 1.54) is 43.4 Å². The Labute approximate surface area is 214 Å². The van der Waals surface area contributed by atoms with E-state index < -0.39 is 6.04 Å². The molecule has 2 aromatic rings. The summed E-state index contributed by atoms with van der Waals surface area (Å²) in [6.07, 6.45) is 8.85. The van der Waals surface area contributed by atoms with Gasteiger partial charge in [0.1, 0.15) is 17.5 Å². The highest BCUT2D eigenvalue weighted by atomic mass is 16.5. The number of fused-ring (bicyclic) bond motifs is 1. The van der Waals surface area contributed by atoms with Crippen LogP contribution in [0.1, 0.15) is 60.9 Å². The second kappa shape index (κ2) is 12.7. The van der Waals surface area contributed by atoms with Crippen LogP contribution in [0.25, 0.3) is 0 Å². The molecule has 2 N–H and O–H groups in total. The Kier molecular flexibility index (Phi) is 9.09. The highest BCUT2D eigenvalue weighted by Gasteiger charge is 2.25. The Morgan fingerprint density at radius 1 is 1.03 bits per heavy atom. The molecule has 0 spiro atoms. The third-order valence-corrected chi connectivity index (χ3v) is 7.50. The van der Waals surface area contributed by atoms with Crippen LogP contribution in [0.5, 0.6) is 11.5 Å². The average Bonchev–Trinajstić information content (AvgIpc) is 3.33. The number of benzene rings is 2. The van der Waals surface area contributed by atoms with Gasteiger partial charge in [-0.25, -0.2) is 0 Å².